The molecule has 0 aromatic carbocycles. The Morgan fingerprint density at radius 3 is 2.13 bits per heavy atom. The molecule has 1 saturated heterocycles. The van der Waals surface area contributed by atoms with Crippen LogP contribution in [0.2, 0.25) is 0 Å². The molecule has 1 aliphatic rings. The van der Waals surface area contributed by atoms with Gasteiger partial charge in [-0.15, -0.1) is 0 Å². The largest absolute Gasteiger partial charge is 0.389 e. The Bertz CT molecular complexity index is 291. The summed E-state index contributed by atoms with van der Waals surface area (Å²) in [4.78, 5) is 0. The second-order valence-electron chi connectivity index (χ2n) is 4.45. The molecule has 90 valence electrons. The van der Waals surface area contributed by atoms with Crippen LogP contribution in [0.5, 0.6) is 0 Å². The van der Waals surface area contributed by atoms with E-state index in [2.05, 4.69) is 0 Å². The number of aliphatic hydroxyl groups is 2. The van der Waals surface area contributed by atoms with Crippen molar-refractivity contribution in [2.45, 2.75) is 32.5 Å². The first-order valence-electron chi connectivity index (χ1n) is 5.17. The maximum absolute atomic E-state index is 11.7. The highest BCUT2D eigenvalue weighted by Crippen LogP contribution is 2.16. The van der Waals surface area contributed by atoms with Gasteiger partial charge in [0.1, 0.15) is 0 Å². The number of hydrogen-bond donors (Lipinski definition) is 2. The average Bonchev–Trinajstić information content (AvgIpc) is 2.45. The first-order valence-corrected chi connectivity index (χ1v) is 6.78. The molecule has 0 radical (unpaired) electrons. The minimum absolute atomic E-state index is 0.0155. The summed E-state index contributed by atoms with van der Waals surface area (Å²) in [6, 6.07) is 0. The molecule has 15 heavy (non-hydrogen) atoms. The van der Waals surface area contributed by atoms with E-state index in [9.17, 15) is 18.6 Å². The molecule has 0 aromatic rings. The van der Waals surface area contributed by atoms with Crippen LogP contribution in [0.15, 0.2) is 0 Å². The van der Waals surface area contributed by atoms with Crippen LogP contribution < -0.4 is 0 Å². The smallest absolute Gasteiger partial charge is 0.214 e. The Balaban J connectivity index is 2.56. The molecular weight excluding hydrogens is 218 g/mol. The van der Waals surface area contributed by atoms with Crippen molar-refractivity contribution in [2.75, 3.05) is 18.8 Å². The van der Waals surface area contributed by atoms with Gasteiger partial charge in [0, 0.05) is 13.1 Å². The summed E-state index contributed by atoms with van der Waals surface area (Å²) < 4.78 is 24.6. The van der Waals surface area contributed by atoms with Gasteiger partial charge in [-0.2, -0.15) is 4.31 Å². The highest BCUT2D eigenvalue weighted by Gasteiger charge is 2.36. The third-order valence-electron chi connectivity index (χ3n) is 2.57. The fourth-order valence-electron chi connectivity index (χ4n) is 1.48. The summed E-state index contributed by atoms with van der Waals surface area (Å²) in [5.74, 6) is 0.418. The molecule has 1 rings (SSSR count). The highest BCUT2D eigenvalue weighted by molar-refractivity contribution is 7.89. The molecule has 1 aliphatic heterocycles. The van der Waals surface area contributed by atoms with Gasteiger partial charge in [-0.25, -0.2) is 8.42 Å². The summed E-state index contributed by atoms with van der Waals surface area (Å²) in [6.45, 7) is 3.95. The quantitative estimate of drug-likeness (QED) is 0.684. The number of rotatable bonds is 4. The van der Waals surface area contributed by atoms with Crippen LogP contribution >= 0.6 is 0 Å². The van der Waals surface area contributed by atoms with Crippen molar-refractivity contribution in [1.82, 2.24) is 4.31 Å². The molecule has 0 bridgehead atoms. The molecule has 2 N–H and O–H groups in total. The highest BCUT2D eigenvalue weighted by atomic mass is 32.2. The standard InChI is InChI=1S/C9H19NO4S/c1-7(2)3-4-15(13,14)10-5-8(11)9(12)6-10/h7-9,11-12H,3-6H2,1-2H3/t8-,9+. The van der Waals surface area contributed by atoms with Crippen LogP contribution in [0.1, 0.15) is 20.3 Å². The van der Waals surface area contributed by atoms with E-state index < -0.39 is 22.2 Å². The van der Waals surface area contributed by atoms with Crippen molar-refractivity contribution in [3.8, 4) is 0 Å². The van der Waals surface area contributed by atoms with Gasteiger partial charge in [0.05, 0.1) is 18.0 Å². The van der Waals surface area contributed by atoms with Crippen molar-refractivity contribution in [3.05, 3.63) is 0 Å². The predicted octanol–water partition coefficient (Wildman–Crippen LogP) is -0.600. The lowest BCUT2D eigenvalue weighted by Gasteiger charge is -2.16. The van der Waals surface area contributed by atoms with Crippen molar-refractivity contribution in [1.29, 1.82) is 0 Å². The van der Waals surface area contributed by atoms with Gasteiger partial charge in [-0.1, -0.05) is 13.8 Å². The second kappa shape index (κ2) is 4.78. The Kier molecular flexibility index (Phi) is 4.11. The van der Waals surface area contributed by atoms with E-state index in [1.807, 2.05) is 13.8 Å². The average molecular weight is 237 g/mol. The molecule has 0 aromatic heterocycles. The van der Waals surface area contributed by atoms with Crippen LogP contribution in [0.3, 0.4) is 0 Å². The topological polar surface area (TPSA) is 77.8 Å². The van der Waals surface area contributed by atoms with Crippen molar-refractivity contribution >= 4 is 10.0 Å². The Hall–Kier alpha value is -0.170. The first kappa shape index (κ1) is 12.9. The Morgan fingerprint density at radius 1 is 1.27 bits per heavy atom. The number of hydrogen-bond acceptors (Lipinski definition) is 4. The third kappa shape index (κ3) is 3.41. The lowest BCUT2D eigenvalue weighted by Crippen LogP contribution is -2.32. The molecule has 1 heterocycles. The lowest BCUT2D eigenvalue weighted by atomic mass is 10.2. The fraction of sp³-hybridized carbons (Fsp3) is 1.00. The van der Waals surface area contributed by atoms with Crippen molar-refractivity contribution in [3.63, 3.8) is 0 Å². The third-order valence-corrected chi connectivity index (χ3v) is 4.41. The zero-order valence-corrected chi connectivity index (χ0v) is 9.94. The van der Waals surface area contributed by atoms with E-state index in [4.69, 9.17) is 0 Å². The molecular formula is C9H19NO4S. The van der Waals surface area contributed by atoms with Gasteiger partial charge < -0.3 is 10.2 Å². The summed E-state index contributed by atoms with van der Waals surface area (Å²) in [5.41, 5.74) is 0. The normalized spacial score (nSPS) is 28.9. The maximum Gasteiger partial charge on any atom is 0.214 e. The van der Waals surface area contributed by atoms with Gasteiger partial charge in [-0.3, -0.25) is 0 Å². The molecule has 2 atom stereocenters. The minimum atomic E-state index is -3.31. The number of sulfonamides is 1. The first-order chi connectivity index (χ1) is 6.83. The number of aliphatic hydroxyl groups excluding tert-OH is 2. The van der Waals surface area contributed by atoms with Crippen LogP contribution in [0.25, 0.3) is 0 Å². The van der Waals surface area contributed by atoms with Crippen molar-refractivity contribution < 1.29 is 18.6 Å². The summed E-state index contributed by atoms with van der Waals surface area (Å²) in [5, 5.41) is 18.5. The monoisotopic (exact) mass is 237 g/mol. The van der Waals surface area contributed by atoms with E-state index in [0.29, 0.717) is 12.3 Å². The maximum atomic E-state index is 11.7. The zero-order valence-electron chi connectivity index (χ0n) is 9.13. The van der Waals surface area contributed by atoms with Crippen LogP contribution in [0, 0.1) is 5.92 Å². The summed E-state index contributed by atoms with van der Waals surface area (Å²) in [6.07, 6.45) is -1.29. The van der Waals surface area contributed by atoms with E-state index in [1.54, 1.807) is 0 Å². The van der Waals surface area contributed by atoms with Crippen LogP contribution in [-0.2, 0) is 10.0 Å². The molecule has 0 saturated carbocycles. The molecule has 0 aliphatic carbocycles. The van der Waals surface area contributed by atoms with E-state index >= 15 is 0 Å². The van der Waals surface area contributed by atoms with Gasteiger partial charge in [0.25, 0.3) is 0 Å². The van der Waals surface area contributed by atoms with Gasteiger partial charge >= 0.3 is 0 Å². The molecule has 5 nitrogen and oxygen atoms in total. The second-order valence-corrected chi connectivity index (χ2v) is 6.54. The van der Waals surface area contributed by atoms with E-state index in [0.717, 1.165) is 0 Å². The number of nitrogens with zero attached hydrogens (tertiary/aromatic N) is 1. The van der Waals surface area contributed by atoms with Gasteiger partial charge in [-0.05, 0) is 12.3 Å². The zero-order chi connectivity index (χ0) is 11.6. The summed E-state index contributed by atoms with van der Waals surface area (Å²) in [7, 11) is -3.31. The van der Waals surface area contributed by atoms with Crippen LogP contribution in [-0.4, -0.2) is 54.0 Å². The lowest BCUT2D eigenvalue weighted by molar-refractivity contribution is 0.0572. The van der Waals surface area contributed by atoms with Gasteiger partial charge in [0.2, 0.25) is 10.0 Å². The van der Waals surface area contributed by atoms with E-state index in [-0.39, 0.29) is 18.8 Å². The van der Waals surface area contributed by atoms with Crippen molar-refractivity contribution in [2.24, 2.45) is 5.92 Å². The Morgan fingerprint density at radius 2 is 1.73 bits per heavy atom. The molecule has 0 unspecified atom stereocenters. The SMILES string of the molecule is CC(C)CCS(=O)(=O)N1C[C@@H](O)[C@@H](O)C1. The number of β-amino-alcohol motifs (C(OH)–C–C–N with tert-alkyl or cyclic N) is 2. The minimum Gasteiger partial charge on any atom is -0.389 e. The fourth-order valence-corrected chi connectivity index (χ4v) is 3.26. The molecule has 6 heteroatoms. The summed E-state index contributed by atoms with van der Waals surface area (Å²) >= 11 is 0. The predicted molar refractivity (Wildman–Crippen MR) is 56.8 cm³/mol. The van der Waals surface area contributed by atoms with E-state index in [1.165, 1.54) is 4.31 Å². The molecule has 0 spiro atoms. The van der Waals surface area contributed by atoms with Gasteiger partial charge in [0.15, 0.2) is 0 Å². The van der Waals surface area contributed by atoms with Crippen LogP contribution in [0.4, 0.5) is 0 Å². The Labute approximate surface area is 90.8 Å². The molecule has 0 amide bonds. The molecule has 1 fully saturated rings.